The summed E-state index contributed by atoms with van der Waals surface area (Å²) in [5.41, 5.74) is 2.72. The van der Waals surface area contributed by atoms with Gasteiger partial charge in [0.15, 0.2) is 0 Å². The van der Waals surface area contributed by atoms with Crippen LogP contribution in [-0.4, -0.2) is 25.4 Å². The van der Waals surface area contributed by atoms with Crippen molar-refractivity contribution in [1.29, 1.82) is 0 Å². The van der Waals surface area contributed by atoms with Crippen molar-refractivity contribution in [2.45, 2.75) is 44.8 Å². The Morgan fingerprint density at radius 2 is 2.26 bits per heavy atom. The van der Waals surface area contributed by atoms with Crippen molar-refractivity contribution in [3.63, 3.8) is 0 Å². The monoisotopic (exact) mass is 261 g/mol. The highest BCUT2D eigenvalue weighted by Gasteiger charge is 2.28. The molecule has 1 N–H and O–H groups in total. The molecular weight excluding hydrogens is 238 g/mol. The first-order valence-electron chi connectivity index (χ1n) is 7.34. The lowest BCUT2D eigenvalue weighted by Gasteiger charge is -2.33. The minimum Gasteiger partial charge on any atom is -0.491 e. The zero-order valence-electron chi connectivity index (χ0n) is 11.7. The van der Waals surface area contributed by atoms with E-state index in [1.54, 1.807) is 0 Å². The first-order chi connectivity index (χ1) is 9.25. The van der Waals surface area contributed by atoms with E-state index in [4.69, 9.17) is 9.47 Å². The Hall–Kier alpha value is -1.06. The maximum absolute atomic E-state index is 5.96. The molecule has 104 valence electrons. The van der Waals surface area contributed by atoms with Crippen LogP contribution in [0.25, 0.3) is 0 Å². The molecule has 2 aliphatic rings. The molecular formula is C16H23NO2. The van der Waals surface area contributed by atoms with Crippen LogP contribution in [0.15, 0.2) is 18.2 Å². The Balaban J connectivity index is 1.63. The van der Waals surface area contributed by atoms with Crippen molar-refractivity contribution in [2.75, 3.05) is 19.8 Å². The average Bonchev–Trinajstić information content (AvgIpc) is 2.46. The van der Waals surface area contributed by atoms with Crippen molar-refractivity contribution >= 4 is 0 Å². The first-order valence-corrected chi connectivity index (χ1v) is 7.34. The third-order valence-electron chi connectivity index (χ3n) is 4.16. The van der Waals surface area contributed by atoms with Gasteiger partial charge in [0.25, 0.3) is 0 Å². The second-order valence-electron chi connectivity index (χ2n) is 5.90. The van der Waals surface area contributed by atoms with Crippen LogP contribution in [0, 0.1) is 0 Å². The fourth-order valence-corrected chi connectivity index (χ4v) is 2.89. The molecule has 3 heteroatoms. The summed E-state index contributed by atoms with van der Waals surface area (Å²) in [6.45, 7) is 5.72. The Bertz CT molecular complexity index is 438. The molecule has 1 aromatic rings. The van der Waals surface area contributed by atoms with Crippen LogP contribution in [0.2, 0.25) is 0 Å². The number of hydrogen-bond donors (Lipinski definition) is 1. The molecule has 1 fully saturated rings. The molecule has 19 heavy (non-hydrogen) atoms. The minimum atomic E-state index is -0.105. The molecule has 1 unspecified atom stereocenters. The van der Waals surface area contributed by atoms with E-state index in [2.05, 4.69) is 30.4 Å². The number of rotatable bonds is 3. The summed E-state index contributed by atoms with van der Waals surface area (Å²) in [5.74, 6) is 0.970. The fourth-order valence-electron chi connectivity index (χ4n) is 2.89. The molecule has 3 rings (SSSR count). The summed E-state index contributed by atoms with van der Waals surface area (Å²) in [6, 6.07) is 6.47. The summed E-state index contributed by atoms with van der Waals surface area (Å²) < 4.78 is 11.8. The minimum absolute atomic E-state index is 0.105. The smallest absolute Gasteiger partial charge is 0.119 e. The van der Waals surface area contributed by atoms with E-state index in [0.717, 1.165) is 38.3 Å². The highest BCUT2D eigenvalue weighted by atomic mass is 16.5. The predicted octanol–water partition coefficient (Wildman–Crippen LogP) is 2.67. The molecule has 0 amide bonds. The zero-order chi connectivity index (χ0) is 13.1. The number of benzene rings is 1. The van der Waals surface area contributed by atoms with Crippen LogP contribution in [0.5, 0.6) is 5.75 Å². The summed E-state index contributed by atoms with van der Waals surface area (Å²) in [7, 11) is 0. The maximum Gasteiger partial charge on any atom is 0.119 e. The standard InChI is InChI=1S/C16H23NO2/c1-16(7-2-3-9-19-16)12-18-15-5-4-13-6-8-17-11-14(13)10-15/h4-5,10,17H,2-3,6-9,11-12H2,1H3. The number of hydrogen-bond acceptors (Lipinski definition) is 3. The summed E-state index contributed by atoms with van der Waals surface area (Å²) in [5, 5.41) is 3.40. The molecule has 0 bridgehead atoms. The molecule has 0 saturated carbocycles. The molecule has 0 aromatic heterocycles. The van der Waals surface area contributed by atoms with E-state index in [1.165, 1.54) is 24.0 Å². The Kier molecular flexibility index (Phi) is 3.76. The van der Waals surface area contributed by atoms with E-state index >= 15 is 0 Å². The van der Waals surface area contributed by atoms with Crippen molar-refractivity contribution in [3.05, 3.63) is 29.3 Å². The third kappa shape index (κ3) is 3.10. The highest BCUT2D eigenvalue weighted by Crippen LogP contribution is 2.27. The second-order valence-corrected chi connectivity index (χ2v) is 5.90. The quantitative estimate of drug-likeness (QED) is 0.907. The van der Waals surface area contributed by atoms with Gasteiger partial charge in [-0.15, -0.1) is 0 Å². The van der Waals surface area contributed by atoms with Gasteiger partial charge in [-0.2, -0.15) is 0 Å². The molecule has 0 aliphatic carbocycles. The summed E-state index contributed by atoms with van der Waals surface area (Å²) >= 11 is 0. The number of nitrogens with one attached hydrogen (secondary N) is 1. The molecule has 3 nitrogen and oxygen atoms in total. The fraction of sp³-hybridized carbons (Fsp3) is 0.625. The normalized spacial score (nSPS) is 26.8. The van der Waals surface area contributed by atoms with Crippen molar-refractivity contribution in [1.82, 2.24) is 5.32 Å². The highest BCUT2D eigenvalue weighted by molar-refractivity contribution is 5.37. The Morgan fingerprint density at radius 3 is 3.11 bits per heavy atom. The molecule has 2 aliphatic heterocycles. The number of ether oxygens (including phenoxy) is 2. The van der Waals surface area contributed by atoms with E-state index in [9.17, 15) is 0 Å². The summed E-state index contributed by atoms with van der Waals surface area (Å²) in [6.07, 6.45) is 4.64. The van der Waals surface area contributed by atoms with Crippen molar-refractivity contribution < 1.29 is 9.47 Å². The van der Waals surface area contributed by atoms with Crippen LogP contribution in [0.1, 0.15) is 37.3 Å². The molecule has 1 aromatic carbocycles. The van der Waals surface area contributed by atoms with Crippen LogP contribution in [0.3, 0.4) is 0 Å². The molecule has 1 atom stereocenters. The molecule has 0 spiro atoms. The van der Waals surface area contributed by atoms with Gasteiger partial charge in [-0.1, -0.05) is 6.07 Å². The lowest BCUT2D eigenvalue weighted by molar-refractivity contribution is -0.0888. The van der Waals surface area contributed by atoms with Crippen LogP contribution in [-0.2, 0) is 17.7 Å². The van der Waals surface area contributed by atoms with Gasteiger partial charge in [0.05, 0.1) is 5.60 Å². The van der Waals surface area contributed by atoms with Crippen molar-refractivity contribution in [2.24, 2.45) is 0 Å². The van der Waals surface area contributed by atoms with Gasteiger partial charge in [-0.3, -0.25) is 0 Å². The molecule has 0 radical (unpaired) electrons. The Labute approximate surface area is 115 Å². The SMILES string of the molecule is CC1(COc2ccc3c(c2)CNCC3)CCCCO1. The molecule has 1 saturated heterocycles. The Morgan fingerprint density at radius 1 is 1.32 bits per heavy atom. The van der Waals surface area contributed by atoms with Gasteiger partial charge in [-0.25, -0.2) is 0 Å². The van der Waals surface area contributed by atoms with Gasteiger partial charge < -0.3 is 14.8 Å². The van der Waals surface area contributed by atoms with Gasteiger partial charge in [0.1, 0.15) is 12.4 Å². The lowest BCUT2D eigenvalue weighted by atomic mass is 9.97. The molecule has 2 heterocycles. The van der Waals surface area contributed by atoms with Crippen LogP contribution < -0.4 is 10.1 Å². The van der Waals surface area contributed by atoms with E-state index in [0.29, 0.717) is 6.61 Å². The lowest BCUT2D eigenvalue weighted by Crippen LogP contribution is -2.38. The third-order valence-corrected chi connectivity index (χ3v) is 4.16. The zero-order valence-corrected chi connectivity index (χ0v) is 11.7. The van der Waals surface area contributed by atoms with Gasteiger partial charge in [-0.05, 0) is 62.4 Å². The second kappa shape index (κ2) is 5.51. The van der Waals surface area contributed by atoms with Gasteiger partial charge >= 0.3 is 0 Å². The van der Waals surface area contributed by atoms with Crippen molar-refractivity contribution in [3.8, 4) is 5.75 Å². The van der Waals surface area contributed by atoms with E-state index in [-0.39, 0.29) is 5.60 Å². The maximum atomic E-state index is 5.96. The van der Waals surface area contributed by atoms with Gasteiger partial charge in [0.2, 0.25) is 0 Å². The van der Waals surface area contributed by atoms with Crippen LogP contribution in [0.4, 0.5) is 0 Å². The predicted molar refractivity (Wildman–Crippen MR) is 75.6 cm³/mol. The van der Waals surface area contributed by atoms with Crippen LogP contribution >= 0.6 is 0 Å². The van der Waals surface area contributed by atoms with E-state index in [1.807, 2.05) is 0 Å². The largest absolute Gasteiger partial charge is 0.491 e. The number of fused-ring (bicyclic) bond motifs is 1. The summed E-state index contributed by atoms with van der Waals surface area (Å²) in [4.78, 5) is 0. The average molecular weight is 261 g/mol. The van der Waals surface area contributed by atoms with Gasteiger partial charge in [0, 0.05) is 13.2 Å². The first kappa shape index (κ1) is 12.9. The van der Waals surface area contributed by atoms with E-state index < -0.39 is 0 Å². The topological polar surface area (TPSA) is 30.5 Å².